The summed E-state index contributed by atoms with van der Waals surface area (Å²) in [6.07, 6.45) is 3.42. The van der Waals surface area contributed by atoms with Crippen molar-refractivity contribution in [2.24, 2.45) is 11.7 Å². The summed E-state index contributed by atoms with van der Waals surface area (Å²) in [7, 11) is 0. The van der Waals surface area contributed by atoms with Gasteiger partial charge in [-0.15, -0.1) is 5.10 Å². The van der Waals surface area contributed by atoms with Gasteiger partial charge in [-0.2, -0.15) is 0 Å². The molecule has 0 aliphatic heterocycles. The Hall–Kier alpha value is -0.970. The van der Waals surface area contributed by atoms with Gasteiger partial charge in [-0.25, -0.2) is 4.68 Å². The van der Waals surface area contributed by atoms with E-state index in [0.717, 1.165) is 24.7 Å². The minimum absolute atomic E-state index is 0.616. The van der Waals surface area contributed by atoms with Gasteiger partial charge in [-0.3, -0.25) is 0 Å². The molecular weight excluding hydrogens is 154 g/mol. The van der Waals surface area contributed by atoms with Crippen LogP contribution in [0.15, 0.2) is 0 Å². The lowest BCUT2D eigenvalue weighted by molar-refractivity contribution is 0.523. The average Bonchev–Trinajstić information content (AvgIpc) is 2.76. The van der Waals surface area contributed by atoms with E-state index in [0.29, 0.717) is 6.54 Å². The van der Waals surface area contributed by atoms with Crippen LogP contribution in [0.1, 0.15) is 18.7 Å². The summed E-state index contributed by atoms with van der Waals surface area (Å²) < 4.78 is 1.88. The van der Waals surface area contributed by atoms with Crippen molar-refractivity contribution >= 4 is 0 Å². The first-order valence-electron chi connectivity index (χ1n) is 4.35. The van der Waals surface area contributed by atoms with Gasteiger partial charge in [0.2, 0.25) is 0 Å². The maximum atomic E-state index is 5.43. The third-order valence-corrected chi connectivity index (χ3v) is 2.10. The molecule has 1 heterocycles. The zero-order chi connectivity index (χ0) is 8.39. The molecule has 5 heteroatoms. The fourth-order valence-corrected chi connectivity index (χ4v) is 1.22. The first kappa shape index (κ1) is 7.67. The fraction of sp³-hybridized carbons (Fsp3) is 0.857. The van der Waals surface area contributed by atoms with Crippen LogP contribution in [0.3, 0.4) is 0 Å². The predicted molar refractivity (Wildman–Crippen MR) is 43.3 cm³/mol. The van der Waals surface area contributed by atoms with Gasteiger partial charge < -0.3 is 5.73 Å². The van der Waals surface area contributed by atoms with Crippen LogP contribution >= 0.6 is 0 Å². The van der Waals surface area contributed by atoms with Gasteiger partial charge >= 0.3 is 0 Å². The van der Waals surface area contributed by atoms with Crippen LogP contribution < -0.4 is 5.73 Å². The highest BCUT2D eigenvalue weighted by molar-refractivity contribution is 4.84. The highest BCUT2D eigenvalue weighted by Crippen LogP contribution is 2.30. The third-order valence-electron chi connectivity index (χ3n) is 2.10. The Balaban J connectivity index is 2.01. The van der Waals surface area contributed by atoms with E-state index in [1.807, 2.05) is 4.68 Å². The van der Waals surface area contributed by atoms with Crippen LogP contribution in [0, 0.1) is 5.92 Å². The van der Waals surface area contributed by atoms with E-state index < -0.39 is 0 Å². The van der Waals surface area contributed by atoms with E-state index >= 15 is 0 Å². The van der Waals surface area contributed by atoms with Crippen molar-refractivity contribution in [3.8, 4) is 0 Å². The molecule has 12 heavy (non-hydrogen) atoms. The van der Waals surface area contributed by atoms with Crippen molar-refractivity contribution in [3.63, 3.8) is 0 Å². The van der Waals surface area contributed by atoms with Crippen molar-refractivity contribution < 1.29 is 0 Å². The second-order valence-electron chi connectivity index (χ2n) is 3.26. The van der Waals surface area contributed by atoms with Crippen LogP contribution in [0.5, 0.6) is 0 Å². The molecule has 0 unspecified atom stereocenters. The molecule has 0 amide bonds. The fourth-order valence-electron chi connectivity index (χ4n) is 1.22. The van der Waals surface area contributed by atoms with Crippen LogP contribution in [-0.4, -0.2) is 26.8 Å². The van der Waals surface area contributed by atoms with Crippen LogP contribution in [0.25, 0.3) is 0 Å². The van der Waals surface area contributed by atoms with E-state index in [1.54, 1.807) is 0 Å². The van der Waals surface area contributed by atoms with Gasteiger partial charge in [0, 0.05) is 13.0 Å². The summed E-state index contributed by atoms with van der Waals surface area (Å²) in [4.78, 5) is 0. The van der Waals surface area contributed by atoms with Crippen molar-refractivity contribution in [1.29, 1.82) is 0 Å². The maximum Gasteiger partial charge on any atom is 0.152 e. The van der Waals surface area contributed by atoms with E-state index in [4.69, 9.17) is 5.73 Å². The lowest BCUT2D eigenvalue weighted by Crippen LogP contribution is -2.12. The second-order valence-corrected chi connectivity index (χ2v) is 3.26. The smallest absolute Gasteiger partial charge is 0.152 e. The van der Waals surface area contributed by atoms with Gasteiger partial charge in [-0.05, 0) is 35.7 Å². The molecule has 1 fully saturated rings. The highest BCUT2D eigenvalue weighted by Gasteiger charge is 2.23. The molecule has 1 aromatic heterocycles. The number of tetrazole rings is 1. The third kappa shape index (κ3) is 1.61. The van der Waals surface area contributed by atoms with Crippen LogP contribution in [-0.2, 0) is 13.0 Å². The molecule has 0 atom stereocenters. The molecule has 2 rings (SSSR count). The largest absolute Gasteiger partial charge is 0.330 e. The number of aromatic nitrogens is 4. The summed E-state index contributed by atoms with van der Waals surface area (Å²) >= 11 is 0. The van der Waals surface area contributed by atoms with Gasteiger partial charge in [0.25, 0.3) is 0 Å². The first-order valence-corrected chi connectivity index (χ1v) is 4.35. The van der Waals surface area contributed by atoms with E-state index in [-0.39, 0.29) is 0 Å². The molecule has 1 aliphatic rings. The SMILES string of the molecule is NCCc1nnnn1CC1CC1. The number of nitrogens with zero attached hydrogens (tertiary/aromatic N) is 4. The number of nitrogens with two attached hydrogens (primary N) is 1. The second kappa shape index (κ2) is 3.18. The minimum Gasteiger partial charge on any atom is -0.330 e. The van der Waals surface area contributed by atoms with Crippen molar-refractivity contribution in [2.45, 2.75) is 25.8 Å². The zero-order valence-corrected chi connectivity index (χ0v) is 6.98. The molecule has 0 aromatic carbocycles. The van der Waals surface area contributed by atoms with E-state index in [1.165, 1.54) is 12.8 Å². The maximum absolute atomic E-state index is 5.43. The molecule has 0 saturated heterocycles. The van der Waals surface area contributed by atoms with Gasteiger partial charge in [0.05, 0.1) is 0 Å². The zero-order valence-electron chi connectivity index (χ0n) is 6.98. The molecule has 0 spiro atoms. The Bertz CT molecular complexity index is 252. The summed E-state index contributed by atoms with van der Waals surface area (Å²) in [5.41, 5.74) is 5.43. The molecule has 2 N–H and O–H groups in total. The van der Waals surface area contributed by atoms with Crippen LogP contribution in [0.2, 0.25) is 0 Å². The topological polar surface area (TPSA) is 69.6 Å². The Morgan fingerprint density at radius 3 is 3.00 bits per heavy atom. The summed E-state index contributed by atoms with van der Waals surface area (Å²) in [5, 5.41) is 11.5. The van der Waals surface area contributed by atoms with Crippen molar-refractivity contribution in [1.82, 2.24) is 20.2 Å². The monoisotopic (exact) mass is 167 g/mol. The molecule has 1 aromatic rings. The molecular formula is C7H13N5. The van der Waals surface area contributed by atoms with E-state index in [2.05, 4.69) is 15.5 Å². The molecule has 66 valence electrons. The van der Waals surface area contributed by atoms with Gasteiger partial charge in [0.15, 0.2) is 5.82 Å². The minimum atomic E-state index is 0.616. The summed E-state index contributed by atoms with van der Waals surface area (Å²) in [6, 6.07) is 0. The lowest BCUT2D eigenvalue weighted by Gasteiger charge is -2.00. The molecule has 5 nitrogen and oxygen atoms in total. The Labute approximate surface area is 70.9 Å². The highest BCUT2D eigenvalue weighted by atomic mass is 15.5. The van der Waals surface area contributed by atoms with Crippen LogP contribution in [0.4, 0.5) is 0 Å². The number of hydrogen-bond donors (Lipinski definition) is 1. The van der Waals surface area contributed by atoms with Crippen molar-refractivity contribution in [3.05, 3.63) is 5.82 Å². The Morgan fingerprint density at radius 1 is 1.50 bits per heavy atom. The van der Waals surface area contributed by atoms with E-state index in [9.17, 15) is 0 Å². The molecule has 0 bridgehead atoms. The van der Waals surface area contributed by atoms with Gasteiger partial charge in [0.1, 0.15) is 0 Å². The molecule has 1 aliphatic carbocycles. The molecule has 1 saturated carbocycles. The number of hydrogen-bond acceptors (Lipinski definition) is 4. The standard InChI is InChI=1S/C7H13N5/c8-4-3-7-9-10-11-12(7)5-6-1-2-6/h6H,1-5,8H2. The average molecular weight is 167 g/mol. The summed E-state index contributed by atoms with van der Waals surface area (Å²) in [5.74, 6) is 1.73. The number of rotatable bonds is 4. The van der Waals surface area contributed by atoms with Crippen molar-refractivity contribution in [2.75, 3.05) is 6.54 Å². The first-order chi connectivity index (χ1) is 5.90. The molecule has 0 radical (unpaired) electrons. The van der Waals surface area contributed by atoms with Gasteiger partial charge in [-0.1, -0.05) is 0 Å². The quantitative estimate of drug-likeness (QED) is 0.661. The normalized spacial score (nSPS) is 16.8. The lowest BCUT2D eigenvalue weighted by atomic mass is 10.4. The summed E-state index contributed by atoms with van der Waals surface area (Å²) in [6.45, 7) is 1.59. The predicted octanol–water partition coefficient (Wildman–Crippen LogP) is -0.416. The Kier molecular flexibility index (Phi) is 2.03. The Morgan fingerprint density at radius 2 is 2.33 bits per heavy atom.